The number of allylic oxidation sites excluding steroid dienone is 1. The molecule has 24 heavy (non-hydrogen) atoms. The minimum Gasteiger partial charge on any atom is -0.345 e. The summed E-state index contributed by atoms with van der Waals surface area (Å²) in [5.41, 5.74) is 3.90. The van der Waals surface area contributed by atoms with Crippen LogP contribution in [0.3, 0.4) is 0 Å². The topological polar surface area (TPSA) is 72.8 Å². The molecule has 0 saturated heterocycles. The van der Waals surface area contributed by atoms with Gasteiger partial charge in [-0.2, -0.15) is 5.26 Å². The number of fused-ring (bicyclic) bond motifs is 1. The van der Waals surface area contributed by atoms with E-state index in [4.69, 9.17) is 0 Å². The quantitative estimate of drug-likeness (QED) is 0.884. The van der Waals surface area contributed by atoms with Crippen LogP contribution < -0.4 is 0 Å². The van der Waals surface area contributed by atoms with Gasteiger partial charge in [0.1, 0.15) is 0 Å². The van der Waals surface area contributed by atoms with Crippen molar-refractivity contribution >= 4 is 16.9 Å². The molecular weight excluding hydrogens is 300 g/mol. The number of nitrogens with zero attached hydrogens (tertiary/aromatic N) is 3. The van der Waals surface area contributed by atoms with Gasteiger partial charge in [0.25, 0.3) is 5.91 Å². The first-order valence-electron chi connectivity index (χ1n) is 8.19. The van der Waals surface area contributed by atoms with Crippen molar-refractivity contribution in [3.05, 3.63) is 53.9 Å². The third-order valence-corrected chi connectivity index (χ3v) is 4.52. The van der Waals surface area contributed by atoms with Gasteiger partial charge in [0.05, 0.1) is 35.0 Å². The monoisotopic (exact) mass is 320 g/mol. The van der Waals surface area contributed by atoms with Gasteiger partial charge in [-0.15, -0.1) is 0 Å². The number of H-pyrrole nitrogens is 1. The maximum absolute atomic E-state index is 13.0. The van der Waals surface area contributed by atoms with Gasteiger partial charge in [0, 0.05) is 12.1 Å². The summed E-state index contributed by atoms with van der Waals surface area (Å²) < 4.78 is 0. The number of aromatic nitrogens is 2. The maximum atomic E-state index is 13.0. The number of unbranched alkanes of at least 4 members (excludes halogenated alkanes) is 1. The second-order valence-corrected chi connectivity index (χ2v) is 5.96. The van der Waals surface area contributed by atoms with Crippen molar-refractivity contribution in [1.82, 2.24) is 14.9 Å². The summed E-state index contributed by atoms with van der Waals surface area (Å²) in [4.78, 5) is 22.1. The summed E-state index contributed by atoms with van der Waals surface area (Å²) in [5.74, 6) is -0.0409. The first-order chi connectivity index (χ1) is 11.7. The lowest BCUT2D eigenvalue weighted by molar-refractivity contribution is 0.0690. The third kappa shape index (κ3) is 2.71. The SMILES string of the molecule is C=CC1=C(C#N)[C@H](N(CCCC)C(=O)c2ccc3nc[nH]c3c2)C1. The zero-order valence-electron chi connectivity index (χ0n) is 13.7. The van der Waals surface area contributed by atoms with Crippen molar-refractivity contribution < 1.29 is 4.79 Å². The molecule has 2 aromatic rings. The van der Waals surface area contributed by atoms with Crippen LogP contribution in [0, 0.1) is 11.3 Å². The molecule has 0 spiro atoms. The van der Waals surface area contributed by atoms with Crippen LogP contribution in [0.5, 0.6) is 0 Å². The minimum absolute atomic E-state index is 0.0409. The molecule has 0 radical (unpaired) electrons. The van der Waals surface area contributed by atoms with E-state index in [9.17, 15) is 10.1 Å². The first-order valence-corrected chi connectivity index (χ1v) is 8.19. The number of nitriles is 1. The maximum Gasteiger partial charge on any atom is 0.254 e. The summed E-state index contributed by atoms with van der Waals surface area (Å²) in [7, 11) is 0. The number of aromatic amines is 1. The largest absolute Gasteiger partial charge is 0.345 e. The number of nitrogens with one attached hydrogen (secondary N) is 1. The molecule has 3 rings (SSSR count). The second kappa shape index (κ2) is 6.71. The van der Waals surface area contributed by atoms with Crippen LogP contribution in [0.1, 0.15) is 36.5 Å². The number of hydrogen-bond acceptors (Lipinski definition) is 3. The molecule has 0 aliphatic heterocycles. The Kier molecular flexibility index (Phi) is 4.48. The zero-order valence-corrected chi connectivity index (χ0v) is 13.7. The lowest BCUT2D eigenvalue weighted by atomic mass is 9.82. The lowest BCUT2D eigenvalue weighted by Crippen LogP contribution is -2.46. The minimum atomic E-state index is -0.139. The van der Waals surface area contributed by atoms with Crippen LogP contribution in [0.15, 0.2) is 48.3 Å². The summed E-state index contributed by atoms with van der Waals surface area (Å²) in [5, 5.41) is 9.39. The van der Waals surface area contributed by atoms with E-state index in [0.717, 1.165) is 29.4 Å². The van der Waals surface area contributed by atoms with E-state index in [1.807, 2.05) is 17.0 Å². The van der Waals surface area contributed by atoms with Crippen molar-refractivity contribution in [3.63, 3.8) is 0 Å². The number of amides is 1. The highest BCUT2D eigenvalue weighted by Gasteiger charge is 2.35. The molecule has 1 aromatic carbocycles. The summed E-state index contributed by atoms with van der Waals surface area (Å²) in [6.45, 7) is 6.49. The van der Waals surface area contributed by atoms with Crippen molar-refractivity contribution in [2.45, 2.75) is 32.2 Å². The molecule has 1 amide bonds. The number of rotatable bonds is 6. The van der Waals surface area contributed by atoms with E-state index in [2.05, 4.69) is 29.5 Å². The van der Waals surface area contributed by atoms with Crippen LogP contribution in [-0.2, 0) is 0 Å². The number of carbonyl (C=O) groups is 1. The van der Waals surface area contributed by atoms with Crippen molar-refractivity contribution in [1.29, 1.82) is 5.26 Å². The Balaban J connectivity index is 1.91. The van der Waals surface area contributed by atoms with Gasteiger partial charge in [0.15, 0.2) is 0 Å². The summed E-state index contributed by atoms with van der Waals surface area (Å²) in [6.07, 6.45) is 5.95. The van der Waals surface area contributed by atoms with Gasteiger partial charge < -0.3 is 9.88 Å². The molecule has 0 saturated carbocycles. The van der Waals surface area contributed by atoms with E-state index in [0.29, 0.717) is 24.1 Å². The average Bonchev–Trinajstić information content (AvgIpc) is 3.04. The Morgan fingerprint density at radius 2 is 2.42 bits per heavy atom. The third-order valence-electron chi connectivity index (χ3n) is 4.52. The predicted octanol–water partition coefficient (Wildman–Crippen LogP) is 3.58. The van der Waals surface area contributed by atoms with Gasteiger partial charge in [0.2, 0.25) is 0 Å². The molecule has 122 valence electrons. The van der Waals surface area contributed by atoms with E-state index >= 15 is 0 Å². The fourth-order valence-corrected chi connectivity index (χ4v) is 3.07. The normalized spacial score (nSPS) is 16.6. The molecule has 1 aliphatic carbocycles. The molecule has 1 atom stereocenters. The molecule has 1 aromatic heterocycles. The molecule has 0 unspecified atom stereocenters. The lowest BCUT2D eigenvalue weighted by Gasteiger charge is -2.38. The van der Waals surface area contributed by atoms with Crippen LogP contribution in [0.4, 0.5) is 0 Å². The highest BCUT2D eigenvalue weighted by atomic mass is 16.2. The summed E-state index contributed by atoms with van der Waals surface area (Å²) in [6, 6.07) is 7.57. The van der Waals surface area contributed by atoms with Crippen LogP contribution >= 0.6 is 0 Å². The molecule has 1 heterocycles. The van der Waals surface area contributed by atoms with Crippen LogP contribution in [0.25, 0.3) is 11.0 Å². The first kappa shape index (κ1) is 16.0. The number of carbonyl (C=O) groups excluding carboxylic acids is 1. The smallest absolute Gasteiger partial charge is 0.254 e. The highest BCUT2D eigenvalue weighted by molar-refractivity contribution is 5.98. The Morgan fingerprint density at radius 3 is 3.12 bits per heavy atom. The molecule has 0 fully saturated rings. The Bertz CT molecular complexity index is 856. The molecule has 1 aliphatic rings. The summed E-state index contributed by atoms with van der Waals surface area (Å²) >= 11 is 0. The van der Waals surface area contributed by atoms with Crippen LogP contribution in [-0.4, -0.2) is 33.4 Å². The fraction of sp³-hybridized carbons (Fsp3) is 0.316. The average molecular weight is 320 g/mol. The Morgan fingerprint density at radius 1 is 1.58 bits per heavy atom. The predicted molar refractivity (Wildman–Crippen MR) is 93.3 cm³/mol. The van der Waals surface area contributed by atoms with Crippen molar-refractivity contribution in [2.24, 2.45) is 0 Å². The fourth-order valence-electron chi connectivity index (χ4n) is 3.07. The molecule has 5 nitrogen and oxygen atoms in total. The van der Waals surface area contributed by atoms with Crippen molar-refractivity contribution in [2.75, 3.05) is 6.54 Å². The standard InChI is InChI=1S/C19H20N4O/c1-3-5-8-23(18-10-13(4-2)15(18)11-20)19(24)14-6-7-16-17(9-14)22-12-21-16/h4,6-7,9,12,18H,2-3,5,8,10H2,1H3,(H,21,22)/t18-/m1/s1. The number of benzene rings is 1. The Labute approximate surface area is 141 Å². The number of imidazole rings is 1. The van der Waals surface area contributed by atoms with E-state index in [1.54, 1.807) is 18.5 Å². The van der Waals surface area contributed by atoms with E-state index in [-0.39, 0.29) is 11.9 Å². The van der Waals surface area contributed by atoms with Crippen molar-refractivity contribution in [3.8, 4) is 6.07 Å². The molecular formula is C19H20N4O. The number of hydrogen-bond donors (Lipinski definition) is 1. The van der Waals surface area contributed by atoms with Crippen LogP contribution in [0.2, 0.25) is 0 Å². The second-order valence-electron chi connectivity index (χ2n) is 5.96. The van der Waals surface area contributed by atoms with Gasteiger partial charge in [-0.05, 0) is 36.6 Å². The van der Waals surface area contributed by atoms with E-state index < -0.39 is 0 Å². The van der Waals surface area contributed by atoms with Gasteiger partial charge in [-0.25, -0.2) is 4.98 Å². The highest BCUT2D eigenvalue weighted by Crippen LogP contribution is 2.34. The van der Waals surface area contributed by atoms with Gasteiger partial charge >= 0.3 is 0 Å². The van der Waals surface area contributed by atoms with Gasteiger partial charge in [-0.1, -0.05) is 26.0 Å². The van der Waals surface area contributed by atoms with E-state index in [1.165, 1.54) is 0 Å². The molecule has 5 heteroatoms. The Hall–Kier alpha value is -2.87. The molecule has 1 N–H and O–H groups in total. The van der Waals surface area contributed by atoms with Gasteiger partial charge in [-0.3, -0.25) is 4.79 Å². The zero-order chi connectivity index (χ0) is 17.1. The molecule has 0 bridgehead atoms.